The van der Waals surface area contributed by atoms with Gasteiger partial charge in [-0.1, -0.05) is 16.8 Å². The van der Waals surface area contributed by atoms with Crippen molar-refractivity contribution in [1.82, 2.24) is 15.0 Å². The molecule has 0 saturated heterocycles. The molecule has 0 N–H and O–H groups in total. The van der Waals surface area contributed by atoms with Crippen LogP contribution in [0, 0.1) is 3.57 Å². The van der Waals surface area contributed by atoms with E-state index in [1.165, 1.54) is 0 Å². The van der Waals surface area contributed by atoms with Gasteiger partial charge >= 0.3 is 0 Å². The van der Waals surface area contributed by atoms with Crippen LogP contribution >= 0.6 is 34.2 Å². The van der Waals surface area contributed by atoms with Crippen molar-refractivity contribution in [3.63, 3.8) is 0 Å². The molecule has 0 bridgehead atoms. The summed E-state index contributed by atoms with van der Waals surface area (Å²) < 4.78 is 2.76. The van der Waals surface area contributed by atoms with Gasteiger partial charge in [-0.05, 0) is 40.8 Å². The first-order valence-corrected chi connectivity index (χ1v) is 5.05. The third kappa shape index (κ3) is 1.83. The molecule has 0 radical (unpaired) electrons. The van der Waals surface area contributed by atoms with Gasteiger partial charge in [0.2, 0.25) is 0 Å². The Morgan fingerprint density at radius 1 is 1.38 bits per heavy atom. The second-order valence-electron chi connectivity index (χ2n) is 2.44. The molecule has 0 amide bonds. The van der Waals surface area contributed by atoms with Gasteiger partial charge in [0.1, 0.15) is 0 Å². The monoisotopic (exact) mass is 305 g/mol. The smallest absolute Gasteiger partial charge is 0.0797 e. The van der Waals surface area contributed by atoms with Crippen LogP contribution < -0.4 is 0 Å². The van der Waals surface area contributed by atoms with Crippen molar-refractivity contribution in [1.29, 1.82) is 0 Å². The first kappa shape index (κ1) is 8.96. The standard InChI is InChI=1S/C8H5ClIN3/c9-6-1-2-8(7(10)5-6)13-4-3-11-12-13/h1-5H. The van der Waals surface area contributed by atoms with Crippen LogP contribution in [0.5, 0.6) is 0 Å². The SMILES string of the molecule is Clc1ccc(-n2ccnn2)c(I)c1. The van der Waals surface area contributed by atoms with Gasteiger partial charge in [0.25, 0.3) is 0 Å². The summed E-state index contributed by atoms with van der Waals surface area (Å²) in [5.41, 5.74) is 0.988. The minimum absolute atomic E-state index is 0.730. The summed E-state index contributed by atoms with van der Waals surface area (Å²) in [6.45, 7) is 0. The Labute approximate surface area is 93.8 Å². The summed E-state index contributed by atoms with van der Waals surface area (Å²) in [5, 5.41) is 8.36. The van der Waals surface area contributed by atoms with Crippen molar-refractivity contribution < 1.29 is 0 Å². The Kier molecular flexibility index (Phi) is 2.50. The molecule has 0 atom stereocenters. The quantitative estimate of drug-likeness (QED) is 0.758. The molecule has 0 aliphatic carbocycles. The zero-order chi connectivity index (χ0) is 9.26. The van der Waals surface area contributed by atoms with E-state index in [2.05, 4.69) is 32.9 Å². The zero-order valence-corrected chi connectivity index (χ0v) is 9.40. The van der Waals surface area contributed by atoms with Gasteiger partial charge in [-0.25, -0.2) is 4.68 Å². The molecule has 5 heteroatoms. The highest BCUT2D eigenvalue weighted by molar-refractivity contribution is 14.1. The van der Waals surface area contributed by atoms with Crippen LogP contribution in [0.3, 0.4) is 0 Å². The van der Waals surface area contributed by atoms with Gasteiger partial charge in [0.15, 0.2) is 0 Å². The number of aromatic nitrogens is 3. The highest BCUT2D eigenvalue weighted by atomic mass is 127. The number of hydrogen-bond donors (Lipinski definition) is 0. The van der Waals surface area contributed by atoms with E-state index in [4.69, 9.17) is 11.6 Å². The van der Waals surface area contributed by atoms with E-state index in [0.717, 1.165) is 14.3 Å². The predicted octanol–water partition coefficient (Wildman–Crippen LogP) is 2.53. The molecule has 0 aliphatic rings. The van der Waals surface area contributed by atoms with Crippen molar-refractivity contribution in [3.8, 4) is 5.69 Å². The number of halogens is 2. The van der Waals surface area contributed by atoms with Crippen LogP contribution in [0.2, 0.25) is 5.02 Å². The van der Waals surface area contributed by atoms with E-state index in [1.54, 1.807) is 17.1 Å². The molecule has 0 fully saturated rings. The second-order valence-corrected chi connectivity index (χ2v) is 4.04. The lowest BCUT2D eigenvalue weighted by Crippen LogP contribution is -1.97. The van der Waals surface area contributed by atoms with Gasteiger partial charge in [-0.2, -0.15) is 0 Å². The molecule has 1 aromatic heterocycles. The summed E-state index contributed by atoms with van der Waals surface area (Å²) >= 11 is 8.04. The Morgan fingerprint density at radius 3 is 2.85 bits per heavy atom. The van der Waals surface area contributed by atoms with Crippen molar-refractivity contribution in [2.24, 2.45) is 0 Å². The highest BCUT2D eigenvalue weighted by Crippen LogP contribution is 2.20. The van der Waals surface area contributed by atoms with Crippen molar-refractivity contribution in [2.45, 2.75) is 0 Å². The van der Waals surface area contributed by atoms with Crippen molar-refractivity contribution >= 4 is 34.2 Å². The highest BCUT2D eigenvalue weighted by Gasteiger charge is 2.02. The maximum Gasteiger partial charge on any atom is 0.0797 e. The number of nitrogens with zero attached hydrogens (tertiary/aromatic N) is 3. The first-order chi connectivity index (χ1) is 6.27. The third-order valence-electron chi connectivity index (χ3n) is 1.58. The predicted molar refractivity (Wildman–Crippen MR) is 59.1 cm³/mol. The summed E-state index contributed by atoms with van der Waals surface area (Å²) in [5.74, 6) is 0. The van der Waals surface area contributed by atoms with Gasteiger partial charge in [0.05, 0.1) is 18.1 Å². The first-order valence-electron chi connectivity index (χ1n) is 3.59. The third-order valence-corrected chi connectivity index (χ3v) is 2.68. The van der Waals surface area contributed by atoms with Crippen LogP contribution in [-0.2, 0) is 0 Å². The molecule has 13 heavy (non-hydrogen) atoms. The number of rotatable bonds is 1. The Morgan fingerprint density at radius 2 is 2.23 bits per heavy atom. The minimum atomic E-state index is 0.730. The molecule has 2 aromatic rings. The van der Waals surface area contributed by atoms with E-state index < -0.39 is 0 Å². The molecular weight excluding hydrogens is 300 g/mol. The van der Waals surface area contributed by atoms with E-state index in [0.29, 0.717) is 0 Å². The van der Waals surface area contributed by atoms with Crippen LogP contribution in [0.25, 0.3) is 5.69 Å². The van der Waals surface area contributed by atoms with E-state index >= 15 is 0 Å². The fourth-order valence-corrected chi connectivity index (χ4v) is 2.12. The molecule has 1 aromatic carbocycles. The fraction of sp³-hybridized carbons (Fsp3) is 0. The summed E-state index contributed by atoms with van der Waals surface area (Å²) in [7, 11) is 0. The van der Waals surface area contributed by atoms with E-state index in [1.807, 2.05) is 18.2 Å². The topological polar surface area (TPSA) is 30.7 Å². The van der Waals surface area contributed by atoms with Gasteiger partial charge in [0, 0.05) is 8.59 Å². The van der Waals surface area contributed by atoms with Crippen LogP contribution in [-0.4, -0.2) is 15.0 Å². The van der Waals surface area contributed by atoms with Gasteiger partial charge < -0.3 is 0 Å². The molecule has 0 spiro atoms. The molecular formula is C8H5ClIN3. The largest absolute Gasteiger partial charge is 0.220 e. The normalized spacial score (nSPS) is 10.3. The summed E-state index contributed by atoms with van der Waals surface area (Å²) in [6, 6.07) is 5.64. The Hall–Kier alpha value is -0.620. The van der Waals surface area contributed by atoms with Crippen LogP contribution in [0.1, 0.15) is 0 Å². The fourth-order valence-electron chi connectivity index (χ4n) is 1.00. The Bertz CT molecular complexity index is 413. The lowest BCUT2D eigenvalue weighted by molar-refractivity contribution is 0.800. The second kappa shape index (κ2) is 3.63. The lowest BCUT2D eigenvalue weighted by atomic mass is 10.3. The number of hydrogen-bond acceptors (Lipinski definition) is 2. The maximum atomic E-state index is 5.83. The van der Waals surface area contributed by atoms with Crippen LogP contribution in [0.4, 0.5) is 0 Å². The van der Waals surface area contributed by atoms with E-state index in [-0.39, 0.29) is 0 Å². The summed E-state index contributed by atoms with van der Waals surface area (Å²) in [6.07, 6.45) is 3.44. The maximum absolute atomic E-state index is 5.83. The van der Waals surface area contributed by atoms with Crippen LogP contribution in [0.15, 0.2) is 30.6 Å². The summed E-state index contributed by atoms with van der Waals surface area (Å²) in [4.78, 5) is 0. The zero-order valence-electron chi connectivity index (χ0n) is 6.48. The number of benzene rings is 1. The molecule has 2 rings (SSSR count). The van der Waals surface area contributed by atoms with Gasteiger partial charge in [-0.3, -0.25) is 0 Å². The molecule has 66 valence electrons. The molecule has 0 saturated carbocycles. The molecule has 0 aliphatic heterocycles. The lowest BCUT2D eigenvalue weighted by Gasteiger charge is -2.02. The average Bonchev–Trinajstić information content (AvgIpc) is 2.56. The molecule has 3 nitrogen and oxygen atoms in total. The van der Waals surface area contributed by atoms with Crippen molar-refractivity contribution in [3.05, 3.63) is 39.2 Å². The van der Waals surface area contributed by atoms with E-state index in [9.17, 15) is 0 Å². The van der Waals surface area contributed by atoms with Gasteiger partial charge in [-0.15, -0.1) is 5.10 Å². The Balaban J connectivity index is 2.53. The molecule has 1 heterocycles. The van der Waals surface area contributed by atoms with Crippen molar-refractivity contribution in [2.75, 3.05) is 0 Å². The minimum Gasteiger partial charge on any atom is -0.220 e. The average molecular weight is 306 g/mol. The molecule has 0 unspecified atom stereocenters.